The minimum absolute atomic E-state index is 0.371. The molecule has 0 aromatic carbocycles. The Balaban J connectivity index is 1.99. The fourth-order valence-electron chi connectivity index (χ4n) is 2.83. The molecule has 2 heterocycles. The zero-order valence-corrected chi connectivity index (χ0v) is 13.5. The highest BCUT2D eigenvalue weighted by molar-refractivity contribution is 5.52. The average Bonchev–Trinajstić information content (AvgIpc) is 2.54. The van der Waals surface area contributed by atoms with Crippen molar-refractivity contribution in [1.82, 2.24) is 10.3 Å². The predicted molar refractivity (Wildman–Crippen MR) is 87.7 cm³/mol. The third kappa shape index (κ3) is 4.97. The summed E-state index contributed by atoms with van der Waals surface area (Å²) in [5.41, 5.74) is 2.61. The van der Waals surface area contributed by atoms with Crippen LogP contribution < -0.4 is 10.2 Å². The molecule has 0 spiro atoms. The number of anilines is 1. The molecular weight excluding hydrogens is 262 g/mol. The van der Waals surface area contributed by atoms with Crippen LogP contribution in [0.25, 0.3) is 0 Å². The molecule has 0 saturated carbocycles. The van der Waals surface area contributed by atoms with Gasteiger partial charge in [0.15, 0.2) is 0 Å². The second-order valence-corrected chi connectivity index (χ2v) is 5.76. The van der Waals surface area contributed by atoms with Gasteiger partial charge in [0.1, 0.15) is 0 Å². The molecule has 1 unspecified atom stereocenters. The van der Waals surface area contributed by atoms with Crippen LogP contribution in [0.15, 0.2) is 18.5 Å². The van der Waals surface area contributed by atoms with Crippen LogP contribution in [0.4, 0.5) is 5.69 Å². The molecule has 0 radical (unpaired) electrons. The molecule has 1 aliphatic rings. The summed E-state index contributed by atoms with van der Waals surface area (Å²) in [5, 5.41) is 3.49. The third-order valence-electron chi connectivity index (χ3n) is 3.91. The molecule has 1 N–H and O–H groups in total. The Morgan fingerprint density at radius 2 is 2.29 bits per heavy atom. The molecule has 118 valence electrons. The Hall–Kier alpha value is -1.13. The summed E-state index contributed by atoms with van der Waals surface area (Å²) >= 11 is 0. The summed E-state index contributed by atoms with van der Waals surface area (Å²) in [7, 11) is 0. The summed E-state index contributed by atoms with van der Waals surface area (Å²) in [4.78, 5) is 6.77. The van der Waals surface area contributed by atoms with Crippen molar-refractivity contribution in [2.45, 2.75) is 52.2 Å². The molecular formula is C17H29N3O. The lowest BCUT2D eigenvalue weighted by Crippen LogP contribution is -2.40. The number of ether oxygens (including phenoxy) is 1. The molecule has 0 bridgehead atoms. The first kappa shape index (κ1) is 16.2. The van der Waals surface area contributed by atoms with Gasteiger partial charge in [-0.3, -0.25) is 4.98 Å². The van der Waals surface area contributed by atoms with E-state index in [1.807, 2.05) is 12.4 Å². The minimum atomic E-state index is 0.371. The van der Waals surface area contributed by atoms with Gasteiger partial charge in [-0.05, 0) is 43.9 Å². The molecule has 21 heavy (non-hydrogen) atoms. The SMILES string of the molecule is CCCNCc1ccncc1N1CCCC(OCCC)C1. The summed E-state index contributed by atoms with van der Waals surface area (Å²) in [6.45, 7) is 9.31. The van der Waals surface area contributed by atoms with Crippen molar-refractivity contribution in [2.24, 2.45) is 0 Å². The quantitative estimate of drug-likeness (QED) is 0.747. The molecule has 1 aliphatic heterocycles. The maximum Gasteiger partial charge on any atom is 0.0750 e. The number of rotatable bonds is 8. The van der Waals surface area contributed by atoms with E-state index in [2.05, 4.69) is 35.1 Å². The zero-order chi connectivity index (χ0) is 14.9. The highest BCUT2D eigenvalue weighted by Gasteiger charge is 2.22. The van der Waals surface area contributed by atoms with Crippen LogP contribution in [0, 0.1) is 0 Å². The molecule has 4 heteroatoms. The molecule has 0 amide bonds. The number of piperidine rings is 1. The Bertz CT molecular complexity index is 411. The van der Waals surface area contributed by atoms with Gasteiger partial charge in [-0.15, -0.1) is 0 Å². The maximum absolute atomic E-state index is 5.94. The summed E-state index contributed by atoms with van der Waals surface area (Å²) in [6.07, 6.45) is 8.90. The second-order valence-electron chi connectivity index (χ2n) is 5.76. The zero-order valence-electron chi connectivity index (χ0n) is 13.5. The van der Waals surface area contributed by atoms with Crippen LogP contribution in [0.1, 0.15) is 45.1 Å². The van der Waals surface area contributed by atoms with Crippen molar-refractivity contribution in [3.05, 3.63) is 24.0 Å². The largest absolute Gasteiger partial charge is 0.376 e. The Morgan fingerprint density at radius 1 is 1.38 bits per heavy atom. The topological polar surface area (TPSA) is 37.4 Å². The van der Waals surface area contributed by atoms with E-state index in [1.54, 1.807) is 0 Å². The van der Waals surface area contributed by atoms with Gasteiger partial charge < -0.3 is 15.0 Å². The molecule has 4 nitrogen and oxygen atoms in total. The Morgan fingerprint density at radius 3 is 3.10 bits per heavy atom. The van der Waals surface area contributed by atoms with Crippen LogP contribution in [-0.2, 0) is 11.3 Å². The highest BCUT2D eigenvalue weighted by atomic mass is 16.5. The number of aromatic nitrogens is 1. The molecule has 1 atom stereocenters. The van der Waals surface area contributed by atoms with Gasteiger partial charge in [0.2, 0.25) is 0 Å². The first-order valence-corrected chi connectivity index (χ1v) is 8.35. The van der Waals surface area contributed by atoms with Gasteiger partial charge in [0.05, 0.1) is 18.0 Å². The molecule has 1 fully saturated rings. The van der Waals surface area contributed by atoms with Gasteiger partial charge >= 0.3 is 0 Å². The Kier molecular flexibility index (Phi) is 6.96. The van der Waals surface area contributed by atoms with E-state index < -0.39 is 0 Å². The lowest BCUT2D eigenvalue weighted by atomic mass is 10.1. The molecule has 1 aromatic rings. The lowest BCUT2D eigenvalue weighted by molar-refractivity contribution is 0.0440. The van der Waals surface area contributed by atoms with Crippen molar-refractivity contribution in [1.29, 1.82) is 0 Å². The van der Waals surface area contributed by atoms with Crippen LogP contribution in [0.3, 0.4) is 0 Å². The van der Waals surface area contributed by atoms with Crippen LogP contribution in [0.5, 0.6) is 0 Å². The van der Waals surface area contributed by atoms with E-state index in [0.29, 0.717) is 6.10 Å². The minimum Gasteiger partial charge on any atom is -0.376 e. The number of hydrogen-bond acceptors (Lipinski definition) is 4. The van der Waals surface area contributed by atoms with Gasteiger partial charge in [-0.2, -0.15) is 0 Å². The van der Waals surface area contributed by atoms with E-state index in [-0.39, 0.29) is 0 Å². The van der Waals surface area contributed by atoms with E-state index in [9.17, 15) is 0 Å². The van der Waals surface area contributed by atoms with Crippen molar-refractivity contribution < 1.29 is 4.74 Å². The van der Waals surface area contributed by atoms with Gasteiger partial charge in [0.25, 0.3) is 0 Å². The fraction of sp³-hybridized carbons (Fsp3) is 0.706. The first-order valence-electron chi connectivity index (χ1n) is 8.35. The van der Waals surface area contributed by atoms with Crippen LogP contribution in [-0.4, -0.2) is 37.3 Å². The maximum atomic E-state index is 5.94. The Labute approximate surface area is 128 Å². The summed E-state index contributed by atoms with van der Waals surface area (Å²) < 4.78 is 5.94. The number of pyridine rings is 1. The summed E-state index contributed by atoms with van der Waals surface area (Å²) in [5.74, 6) is 0. The van der Waals surface area contributed by atoms with E-state index in [1.165, 1.54) is 24.1 Å². The molecule has 2 rings (SSSR count). The van der Waals surface area contributed by atoms with Gasteiger partial charge in [0, 0.05) is 32.4 Å². The smallest absolute Gasteiger partial charge is 0.0750 e. The third-order valence-corrected chi connectivity index (χ3v) is 3.91. The number of hydrogen-bond donors (Lipinski definition) is 1. The van der Waals surface area contributed by atoms with Crippen LogP contribution >= 0.6 is 0 Å². The number of nitrogens with one attached hydrogen (secondary N) is 1. The van der Waals surface area contributed by atoms with Crippen molar-refractivity contribution in [3.8, 4) is 0 Å². The predicted octanol–water partition coefficient (Wildman–Crippen LogP) is 2.98. The molecule has 1 saturated heterocycles. The van der Waals surface area contributed by atoms with E-state index in [0.717, 1.165) is 45.6 Å². The van der Waals surface area contributed by atoms with E-state index >= 15 is 0 Å². The second kappa shape index (κ2) is 9.00. The monoisotopic (exact) mass is 291 g/mol. The van der Waals surface area contributed by atoms with Crippen molar-refractivity contribution >= 4 is 5.69 Å². The van der Waals surface area contributed by atoms with Crippen LogP contribution in [0.2, 0.25) is 0 Å². The average molecular weight is 291 g/mol. The fourth-order valence-corrected chi connectivity index (χ4v) is 2.83. The van der Waals surface area contributed by atoms with Crippen molar-refractivity contribution in [2.75, 3.05) is 31.1 Å². The number of nitrogens with zero attached hydrogens (tertiary/aromatic N) is 2. The highest BCUT2D eigenvalue weighted by Crippen LogP contribution is 2.24. The normalized spacial score (nSPS) is 19.0. The van der Waals surface area contributed by atoms with E-state index in [4.69, 9.17) is 4.74 Å². The lowest BCUT2D eigenvalue weighted by Gasteiger charge is -2.35. The molecule has 1 aromatic heterocycles. The van der Waals surface area contributed by atoms with Gasteiger partial charge in [-0.25, -0.2) is 0 Å². The molecule has 0 aliphatic carbocycles. The standard InChI is InChI=1S/C17H29N3O/c1-3-8-18-12-15-7-9-19-13-17(15)20-10-5-6-16(14-20)21-11-4-2/h7,9,13,16,18H,3-6,8,10-12,14H2,1-2H3. The van der Waals surface area contributed by atoms with Gasteiger partial charge in [-0.1, -0.05) is 13.8 Å². The summed E-state index contributed by atoms with van der Waals surface area (Å²) in [6, 6.07) is 2.13. The van der Waals surface area contributed by atoms with Crippen molar-refractivity contribution in [3.63, 3.8) is 0 Å². The first-order chi connectivity index (χ1) is 10.3.